The van der Waals surface area contributed by atoms with Crippen LogP contribution in [0.1, 0.15) is 33.6 Å². The second-order valence-corrected chi connectivity index (χ2v) is 7.98. The first-order valence-corrected chi connectivity index (χ1v) is 8.42. The van der Waals surface area contributed by atoms with Gasteiger partial charge in [-0.15, -0.1) is 0 Å². The van der Waals surface area contributed by atoms with Gasteiger partial charge in [-0.25, -0.2) is 0 Å². The number of Topliss-reactive ketones (excluding diaryl/α,β-unsaturated/α-hetero) is 1. The van der Waals surface area contributed by atoms with Gasteiger partial charge in [0.1, 0.15) is 11.1 Å². The molecule has 1 amide bonds. The number of carbonyl (C=O) groups is 2. The number of rotatable bonds is 2. The van der Waals surface area contributed by atoms with E-state index >= 15 is 0 Å². The summed E-state index contributed by atoms with van der Waals surface area (Å²) >= 11 is 12.1. The predicted molar refractivity (Wildman–Crippen MR) is 92.9 cm³/mol. The van der Waals surface area contributed by atoms with Crippen molar-refractivity contribution in [2.24, 2.45) is 21.4 Å². The van der Waals surface area contributed by atoms with Gasteiger partial charge in [0.2, 0.25) is 5.91 Å². The molecule has 128 valence electrons. The van der Waals surface area contributed by atoms with Crippen LogP contribution in [0.5, 0.6) is 0 Å². The van der Waals surface area contributed by atoms with Gasteiger partial charge in [0, 0.05) is 5.41 Å². The van der Waals surface area contributed by atoms with Crippen molar-refractivity contribution in [1.82, 2.24) is 0 Å². The van der Waals surface area contributed by atoms with Gasteiger partial charge >= 0.3 is 0 Å². The third-order valence-corrected chi connectivity index (χ3v) is 7.08. The summed E-state index contributed by atoms with van der Waals surface area (Å²) < 4.78 is 0. The van der Waals surface area contributed by atoms with Gasteiger partial charge in [-0.2, -0.15) is 0 Å². The van der Waals surface area contributed by atoms with E-state index in [1.54, 1.807) is 18.2 Å². The fraction of sp³-hybridized carbons (Fsp3) is 0.471. The number of fused-ring (bicyclic) bond motifs is 2. The van der Waals surface area contributed by atoms with Crippen molar-refractivity contribution in [3.05, 3.63) is 28.2 Å². The van der Waals surface area contributed by atoms with Gasteiger partial charge in [-0.1, -0.05) is 55.2 Å². The lowest BCUT2D eigenvalue weighted by molar-refractivity contribution is -0.140. The van der Waals surface area contributed by atoms with Gasteiger partial charge in [-0.3, -0.25) is 9.59 Å². The van der Waals surface area contributed by atoms with E-state index in [9.17, 15) is 14.8 Å². The Morgan fingerprint density at radius 2 is 1.92 bits per heavy atom. The molecule has 0 heterocycles. The van der Waals surface area contributed by atoms with Crippen LogP contribution in [0.4, 0.5) is 5.69 Å². The van der Waals surface area contributed by atoms with E-state index in [1.165, 1.54) is 0 Å². The molecule has 1 aromatic rings. The fourth-order valence-corrected chi connectivity index (χ4v) is 4.63. The Morgan fingerprint density at radius 3 is 2.50 bits per heavy atom. The zero-order valence-corrected chi connectivity index (χ0v) is 15.1. The number of hydrogen-bond acceptors (Lipinski definition) is 4. The normalized spacial score (nSPS) is 32.4. The molecular formula is C17H18Cl2N2O3. The molecule has 3 rings (SSSR count). The van der Waals surface area contributed by atoms with E-state index < -0.39 is 27.9 Å². The average molecular weight is 369 g/mol. The zero-order chi connectivity index (χ0) is 17.9. The van der Waals surface area contributed by atoms with Crippen LogP contribution in [0.2, 0.25) is 10.0 Å². The fourth-order valence-electron chi connectivity index (χ4n) is 4.28. The van der Waals surface area contributed by atoms with Crippen LogP contribution in [0.25, 0.3) is 0 Å². The van der Waals surface area contributed by atoms with Gasteiger partial charge in [0.15, 0.2) is 5.78 Å². The second-order valence-electron chi connectivity index (χ2n) is 7.20. The smallest absolute Gasteiger partial charge is 0.239 e. The molecule has 5 nitrogen and oxygen atoms in total. The quantitative estimate of drug-likeness (QED) is 0.467. The molecule has 2 aliphatic carbocycles. The number of oxime groups is 1. The standard InChI is InChI=1S/C17H18Cl2N2O3/c1-15(2)16(3)7-8-17(15,13(22)12(16)21-24)14(23)20-10-6-4-5-9(18)11(10)19/h4-6,24H,7-8H2,1-3H3,(H,20,23). The maximum atomic E-state index is 13.1. The summed E-state index contributed by atoms with van der Waals surface area (Å²) in [5, 5.41) is 15.8. The molecule has 2 atom stereocenters. The molecule has 2 fully saturated rings. The third kappa shape index (κ3) is 1.80. The van der Waals surface area contributed by atoms with Crippen LogP contribution in [-0.2, 0) is 9.59 Å². The first kappa shape index (κ1) is 17.2. The highest BCUT2D eigenvalue weighted by atomic mass is 35.5. The zero-order valence-electron chi connectivity index (χ0n) is 13.6. The van der Waals surface area contributed by atoms with Crippen molar-refractivity contribution in [1.29, 1.82) is 0 Å². The maximum absolute atomic E-state index is 13.1. The number of nitrogens with one attached hydrogen (secondary N) is 1. The molecule has 0 aromatic heterocycles. The number of halogens is 2. The minimum atomic E-state index is -1.28. The number of benzene rings is 1. The summed E-state index contributed by atoms with van der Waals surface area (Å²) in [6.07, 6.45) is 1.00. The molecule has 2 bridgehead atoms. The highest BCUT2D eigenvalue weighted by Crippen LogP contribution is 2.69. The van der Waals surface area contributed by atoms with E-state index in [1.807, 2.05) is 20.8 Å². The summed E-state index contributed by atoms with van der Waals surface area (Å²) in [6, 6.07) is 4.92. The largest absolute Gasteiger partial charge is 0.411 e. The minimum absolute atomic E-state index is 0.0751. The number of anilines is 1. The summed E-state index contributed by atoms with van der Waals surface area (Å²) in [4.78, 5) is 26.0. The lowest BCUT2D eigenvalue weighted by Crippen LogP contribution is -2.47. The SMILES string of the molecule is CC12CCC(C(=O)Nc3cccc(Cl)c3Cl)(C(=O)C1=NO)C2(C)C. The van der Waals surface area contributed by atoms with Crippen LogP contribution >= 0.6 is 23.2 Å². The van der Waals surface area contributed by atoms with Crippen LogP contribution in [0.3, 0.4) is 0 Å². The predicted octanol–water partition coefficient (Wildman–Crippen LogP) is 4.16. The van der Waals surface area contributed by atoms with Crippen LogP contribution in [0, 0.1) is 16.2 Å². The molecule has 24 heavy (non-hydrogen) atoms. The van der Waals surface area contributed by atoms with Crippen molar-refractivity contribution < 1.29 is 14.8 Å². The lowest BCUT2D eigenvalue weighted by Gasteiger charge is -2.37. The first-order valence-electron chi connectivity index (χ1n) is 7.66. The molecule has 2 aliphatic rings. The van der Waals surface area contributed by atoms with Gasteiger partial charge in [-0.05, 0) is 30.4 Å². The van der Waals surface area contributed by atoms with E-state index in [-0.39, 0.29) is 10.7 Å². The molecule has 2 saturated carbocycles. The third-order valence-electron chi connectivity index (χ3n) is 6.26. The van der Waals surface area contributed by atoms with Gasteiger partial charge in [0.25, 0.3) is 0 Å². The average Bonchev–Trinajstić information content (AvgIpc) is 2.80. The van der Waals surface area contributed by atoms with Gasteiger partial charge in [0.05, 0.1) is 15.7 Å². The summed E-state index contributed by atoms with van der Waals surface area (Å²) in [5.74, 6) is -0.858. The van der Waals surface area contributed by atoms with Crippen molar-refractivity contribution in [3.8, 4) is 0 Å². The molecule has 1 aromatic carbocycles. The lowest BCUT2D eigenvalue weighted by atomic mass is 9.64. The Hall–Kier alpha value is -1.59. The summed E-state index contributed by atoms with van der Waals surface area (Å²) in [7, 11) is 0. The van der Waals surface area contributed by atoms with Crippen LogP contribution in [0.15, 0.2) is 23.4 Å². The first-order chi connectivity index (χ1) is 11.1. The molecule has 7 heteroatoms. The molecule has 0 radical (unpaired) electrons. The molecule has 2 unspecified atom stereocenters. The van der Waals surface area contributed by atoms with Crippen molar-refractivity contribution in [3.63, 3.8) is 0 Å². The topological polar surface area (TPSA) is 78.8 Å². The Kier molecular flexibility index (Phi) is 3.74. The molecular weight excluding hydrogens is 351 g/mol. The second kappa shape index (κ2) is 5.20. The van der Waals surface area contributed by atoms with E-state index in [0.717, 1.165) is 0 Å². The van der Waals surface area contributed by atoms with Crippen LogP contribution < -0.4 is 5.32 Å². The van der Waals surface area contributed by atoms with Crippen molar-refractivity contribution in [2.45, 2.75) is 33.6 Å². The monoisotopic (exact) mass is 368 g/mol. The van der Waals surface area contributed by atoms with E-state index in [0.29, 0.717) is 23.6 Å². The number of hydrogen-bond donors (Lipinski definition) is 2. The Morgan fingerprint density at radius 1 is 1.25 bits per heavy atom. The van der Waals surface area contributed by atoms with Crippen LogP contribution in [-0.4, -0.2) is 22.6 Å². The highest BCUT2D eigenvalue weighted by molar-refractivity contribution is 6.51. The molecule has 0 saturated heterocycles. The Bertz CT molecular complexity index is 790. The van der Waals surface area contributed by atoms with Gasteiger partial charge < -0.3 is 10.5 Å². The van der Waals surface area contributed by atoms with Crippen molar-refractivity contribution >= 4 is 46.3 Å². The molecule has 0 aliphatic heterocycles. The highest BCUT2D eigenvalue weighted by Gasteiger charge is 2.76. The number of ketones is 1. The molecule has 0 spiro atoms. The van der Waals surface area contributed by atoms with Crippen molar-refractivity contribution in [2.75, 3.05) is 5.32 Å². The van der Waals surface area contributed by atoms with E-state index in [4.69, 9.17) is 23.2 Å². The number of nitrogens with zero attached hydrogens (tertiary/aromatic N) is 1. The minimum Gasteiger partial charge on any atom is -0.411 e. The summed E-state index contributed by atoms with van der Waals surface area (Å²) in [5.41, 5.74) is -2.18. The Balaban J connectivity index is 2.06. The van der Waals surface area contributed by atoms with E-state index in [2.05, 4.69) is 10.5 Å². The number of amides is 1. The maximum Gasteiger partial charge on any atom is 0.239 e. The summed E-state index contributed by atoms with van der Waals surface area (Å²) in [6.45, 7) is 5.61. The Labute approximate surface area is 150 Å². The molecule has 2 N–H and O–H groups in total. The number of carbonyl (C=O) groups excluding carboxylic acids is 2.